The summed E-state index contributed by atoms with van der Waals surface area (Å²) in [6.45, 7) is 8.54. The Hall–Kier alpha value is -1.59. The van der Waals surface area contributed by atoms with E-state index in [0.29, 0.717) is 25.2 Å². The van der Waals surface area contributed by atoms with Gasteiger partial charge in [0, 0.05) is 29.9 Å². The number of ether oxygens (including phenoxy) is 1. The predicted octanol–water partition coefficient (Wildman–Crippen LogP) is 0.872. The number of fused-ring (bicyclic) bond motifs is 1. The summed E-state index contributed by atoms with van der Waals surface area (Å²) in [5.74, 6) is 0. The molecule has 2 rings (SSSR count). The molecule has 1 aromatic rings. The highest BCUT2D eigenvalue weighted by Crippen LogP contribution is 2.20. The lowest BCUT2D eigenvalue weighted by molar-refractivity contribution is 0.0222. The predicted molar refractivity (Wildman–Crippen MR) is 72.5 cm³/mol. The second-order valence-corrected chi connectivity index (χ2v) is 5.74. The van der Waals surface area contributed by atoms with Gasteiger partial charge in [0.25, 0.3) is 0 Å². The molecule has 0 N–H and O–H groups in total. The van der Waals surface area contributed by atoms with E-state index in [0.717, 1.165) is 17.0 Å². The second-order valence-electron chi connectivity index (χ2n) is 5.74. The third kappa shape index (κ3) is 3.25. The van der Waals surface area contributed by atoms with Crippen LogP contribution in [0.2, 0.25) is 0 Å². The van der Waals surface area contributed by atoms with Gasteiger partial charge in [-0.05, 0) is 27.7 Å². The highest BCUT2D eigenvalue weighted by atomic mass is 16.6. The van der Waals surface area contributed by atoms with Crippen molar-refractivity contribution in [2.75, 3.05) is 6.54 Å². The fourth-order valence-electron chi connectivity index (χ4n) is 2.08. The maximum atomic E-state index is 12.0. The summed E-state index contributed by atoms with van der Waals surface area (Å²) in [6.07, 6.45) is 0.386. The zero-order chi connectivity index (χ0) is 14.2. The molecule has 1 aliphatic heterocycles. The third-order valence-corrected chi connectivity index (χ3v) is 2.94. The van der Waals surface area contributed by atoms with Crippen LogP contribution in [-0.2, 0) is 17.7 Å². The molecule has 0 aromatic carbocycles. The number of nitrogens with zero attached hydrogens (tertiary/aromatic N) is 3. The SMILES string of the molecule is [B]c1nc(C)c2c(n1)CCN(C(=O)OC(C)(C)C)C2. The Bertz CT molecular complexity index is 511. The van der Waals surface area contributed by atoms with Crippen molar-refractivity contribution in [2.24, 2.45) is 0 Å². The van der Waals surface area contributed by atoms with E-state index in [2.05, 4.69) is 9.97 Å². The second kappa shape index (κ2) is 4.83. The molecule has 19 heavy (non-hydrogen) atoms. The first-order chi connectivity index (χ1) is 8.76. The highest BCUT2D eigenvalue weighted by Gasteiger charge is 2.27. The number of aromatic nitrogens is 2. The molecule has 0 aliphatic carbocycles. The van der Waals surface area contributed by atoms with E-state index in [1.54, 1.807) is 4.90 Å². The van der Waals surface area contributed by atoms with Crippen molar-refractivity contribution in [3.8, 4) is 0 Å². The maximum Gasteiger partial charge on any atom is 0.410 e. The van der Waals surface area contributed by atoms with Gasteiger partial charge in [0.1, 0.15) is 5.60 Å². The van der Waals surface area contributed by atoms with Crippen LogP contribution >= 0.6 is 0 Å². The smallest absolute Gasteiger partial charge is 0.410 e. The first-order valence-corrected chi connectivity index (χ1v) is 6.36. The van der Waals surface area contributed by atoms with Crippen LogP contribution in [-0.4, -0.2) is 41.0 Å². The van der Waals surface area contributed by atoms with Crippen molar-refractivity contribution in [2.45, 2.75) is 46.3 Å². The Balaban J connectivity index is 2.16. The molecular formula is C13H18BN3O2. The average Bonchev–Trinajstić information content (AvgIpc) is 2.25. The summed E-state index contributed by atoms with van der Waals surface area (Å²) in [6, 6.07) is 0. The molecule has 0 bridgehead atoms. The van der Waals surface area contributed by atoms with Crippen molar-refractivity contribution in [3.63, 3.8) is 0 Å². The molecule has 2 radical (unpaired) electrons. The van der Waals surface area contributed by atoms with E-state index in [1.807, 2.05) is 27.7 Å². The molecule has 5 nitrogen and oxygen atoms in total. The molecule has 100 valence electrons. The van der Waals surface area contributed by atoms with E-state index < -0.39 is 5.60 Å². The van der Waals surface area contributed by atoms with Crippen LogP contribution in [0.5, 0.6) is 0 Å². The first kappa shape index (κ1) is 13.8. The van der Waals surface area contributed by atoms with E-state index >= 15 is 0 Å². The van der Waals surface area contributed by atoms with Crippen molar-refractivity contribution >= 4 is 19.7 Å². The minimum Gasteiger partial charge on any atom is -0.444 e. The molecule has 2 heterocycles. The number of aryl methyl sites for hydroxylation is 1. The number of carbonyl (C=O) groups excluding carboxylic acids is 1. The van der Waals surface area contributed by atoms with E-state index in [4.69, 9.17) is 12.6 Å². The fraction of sp³-hybridized carbons (Fsp3) is 0.615. The van der Waals surface area contributed by atoms with Crippen molar-refractivity contribution in [1.29, 1.82) is 0 Å². The topological polar surface area (TPSA) is 55.3 Å². The number of amides is 1. The van der Waals surface area contributed by atoms with Gasteiger partial charge in [-0.2, -0.15) is 0 Å². The first-order valence-electron chi connectivity index (χ1n) is 6.36. The average molecular weight is 259 g/mol. The van der Waals surface area contributed by atoms with Crippen LogP contribution in [0.1, 0.15) is 37.7 Å². The van der Waals surface area contributed by atoms with Gasteiger partial charge in [0.05, 0.1) is 12.3 Å². The Kier molecular flexibility index (Phi) is 3.52. The quantitative estimate of drug-likeness (QED) is 0.649. The van der Waals surface area contributed by atoms with Crippen LogP contribution in [0.4, 0.5) is 4.79 Å². The largest absolute Gasteiger partial charge is 0.444 e. The van der Waals surface area contributed by atoms with Crippen molar-refractivity contribution in [1.82, 2.24) is 14.9 Å². The van der Waals surface area contributed by atoms with Gasteiger partial charge in [-0.15, -0.1) is 0 Å². The zero-order valence-electron chi connectivity index (χ0n) is 11.9. The zero-order valence-corrected chi connectivity index (χ0v) is 11.9. The van der Waals surface area contributed by atoms with Gasteiger partial charge in [0.2, 0.25) is 0 Å². The van der Waals surface area contributed by atoms with Gasteiger partial charge in [-0.3, -0.25) is 4.98 Å². The maximum absolute atomic E-state index is 12.0. The van der Waals surface area contributed by atoms with Crippen molar-refractivity contribution in [3.05, 3.63) is 17.0 Å². The van der Waals surface area contributed by atoms with Crippen LogP contribution in [0.15, 0.2) is 0 Å². The molecule has 0 unspecified atom stereocenters. The molecule has 0 saturated heterocycles. The summed E-state index contributed by atoms with van der Waals surface area (Å²) < 4.78 is 5.38. The molecule has 1 aliphatic rings. The summed E-state index contributed by atoms with van der Waals surface area (Å²) in [5.41, 5.74) is 2.55. The molecule has 0 atom stereocenters. The number of carbonyl (C=O) groups is 1. The van der Waals surface area contributed by atoms with Crippen LogP contribution in [0.25, 0.3) is 0 Å². The summed E-state index contributed by atoms with van der Waals surface area (Å²) in [4.78, 5) is 22.1. The van der Waals surface area contributed by atoms with Gasteiger partial charge >= 0.3 is 6.09 Å². The summed E-state index contributed by atoms with van der Waals surface area (Å²) >= 11 is 0. The molecule has 0 spiro atoms. The van der Waals surface area contributed by atoms with Gasteiger partial charge in [-0.25, -0.2) is 9.78 Å². The van der Waals surface area contributed by atoms with Crippen LogP contribution in [0.3, 0.4) is 0 Å². The Morgan fingerprint density at radius 2 is 2.05 bits per heavy atom. The minimum absolute atomic E-state index is 0.293. The molecule has 6 heteroatoms. The monoisotopic (exact) mass is 259 g/mol. The molecule has 0 fully saturated rings. The van der Waals surface area contributed by atoms with Crippen molar-refractivity contribution < 1.29 is 9.53 Å². The van der Waals surface area contributed by atoms with Crippen LogP contribution in [0, 0.1) is 6.92 Å². The Labute approximate surface area is 114 Å². The summed E-state index contributed by atoms with van der Waals surface area (Å²) in [7, 11) is 5.63. The van der Waals surface area contributed by atoms with E-state index in [-0.39, 0.29) is 6.09 Å². The van der Waals surface area contributed by atoms with Gasteiger partial charge in [-0.1, -0.05) is 0 Å². The lowest BCUT2D eigenvalue weighted by Crippen LogP contribution is -2.41. The number of hydrogen-bond donors (Lipinski definition) is 0. The van der Waals surface area contributed by atoms with E-state index in [9.17, 15) is 4.79 Å². The summed E-state index contributed by atoms with van der Waals surface area (Å²) in [5, 5.41) is 0. The molecule has 0 saturated carbocycles. The standard InChI is InChI=1S/C13H18BN3O2/c1-8-9-7-17(12(18)19-13(2,3)4)6-5-10(9)16-11(14)15-8/h5-7H2,1-4H3. The fourth-order valence-corrected chi connectivity index (χ4v) is 2.08. The number of rotatable bonds is 0. The number of hydrogen-bond acceptors (Lipinski definition) is 4. The van der Waals surface area contributed by atoms with Crippen LogP contribution < -0.4 is 5.72 Å². The lowest BCUT2D eigenvalue weighted by atomic mass is 10.0. The molecule has 1 aromatic heterocycles. The third-order valence-electron chi connectivity index (χ3n) is 2.94. The molecular weight excluding hydrogens is 241 g/mol. The molecule has 1 amide bonds. The minimum atomic E-state index is -0.482. The highest BCUT2D eigenvalue weighted by molar-refractivity contribution is 6.28. The normalized spacial score (nSPS) is 15.1. The van der Waals surface area contributed by atoms with E-state index in [1.165, 1.54) is 0 Å². The van der Waals surface area contributed by atoms with Gasteiger partial charge in [0.15, 0.2) is 7.85 Å². The van der Waals surface area contributed by atoms with Gasteiger partial charge < -0.3 is 9.64 Å². The Morgan fingerprint density at radius 1 is 1.37 bits per heavy atom. The lowest BCUT2D eigenvalue weighted by Gasteiger charge is -2.31. The Morgan fingerprint density at radius 3 is 2.68 bits per heavy atom.